The normalized spacial score (nSPS) is 12.1. The zero-order valence-corrected chi connectivity index (χ0v) is 13.4. The Morgan fingerprint density at radius 2 is 1.76 bits per heavy atom. The quantitative estimate of drug-likeness (QED) is 0.816. The lowest BCUT2D eigenvalue weighted by molar-refractivity contribution is -0.129. The van der Waals surface area contributed by atoms with Crippen molar-refractivity contribution < 1.29 is 9.59 Å². The minimum absolute atomic E-state index is 0.0337. The summed E-state index contributed by atoms with van der Waals surface area (Å²) in [5.74, 6) is 0.367. The van der Waals surface area contributed by atoms with Crippen molar-refractivity contribution in [2.45, 2.75) is 47.1 Å². The standard InChI is InChI=1S/C15H24N4O2/c1-9(2)14(19-12(5)20)15(21)16-7-6-13-17-10(3)8-11(4)18-13/h8-9,14H,6-7H2,1-5H3,(H,16,21)(H,19,20)/t14-/m0/s1. The van der Waals surface area contributed by atoms with Gasteiger partial charge in [0, 0.05) is 31.3 Å². The van der Waals surface area contributed by atoms with Crippen molar-refractivity contribution in [3.05, 3.63) is 23.3 Å². The van der Waals surface area contributed by atoms with Crippen LogP contribution in [0.1, 0.15) is 38.0 Å². The minimum Gasteiger partial charge on any atom is -0.354 e. The monoisotopic (exact) mass is 292 g/mol. The fourth-order valence-electron chi connectivity index (χ4n) is 2.07. The number of rotatable bonds is 6. The first kappa shape index (κ1) is 17.1. The molecule has 1 rings (SSSR count). The predicted molar refractivity (Wildman–Crippen MR) is 80.7 cm³/mol. The highest BCUT2D eigenvalue weighted by Crippen LogP contribution is 2.02. The summed E-state index contributed by atoms with van der Waals surface area (Å²) in [5.41, 5.74) is 1.84. The molecule has 6 heteroatoms. The van der Waals surface area contributed by atoms with Crippen LogP contribution in [-0.2, 0) is 16.0 Å². The SMILES string of the molecule is CC(=O)N[C@H](C(=O)NCCc1nc(C)cc(C)n1)C(C)C. The lowest BCUT2D eigenvalue weighted by Gasteiger charge is -2.20. The number of aryl methyl sites for hydroxylation is 2. The zero-order chi connectivity index (χ0) is 16.0. The van der Waals surface area contributed by atoms with Crippen molar-refractivity contribution >= 4 is 11.8 Å². The van der Waals surface area contributed by atoms with E-state index in [1.165, 1.54) is 6.92 Å². The van der Waals surface area contributed by atoms with E-state index in [-0.39, 0.29) is 17.7 Å². The Bertz CT molecular complexity index is 494. The van der Waals surface area contributed by atoms with Crippen LogP contribution in [-0.4, -0.2) is 34.4 Å². The summed E-state index contributed by atoms with van der Waals surface area (Å²) < 4.78 is 0. The number of aromatic nitrogens is 2. The average molecular weight is 292 g/mol. The number of amides is 2. The van der Waals surface area contributed by atoms with Crippen LogP contribution in [0.25, 0.3) is 0 Å². The molecule has 0 aliphatic rings. The molecule has 0 aliphatic carbocycles. The summed E-state index contributed by atoms with van der Waals surface area (Å²) in [6.45, 7) is 9.49. The van der Waals surface area contributed by atoms with Gasteiger partial charge in [-0.25, -0.2) is 9.97 Å². The molecule has 1 aromatic rings. The maximum Gasteiger partial charge on any atom is 0.242 e. The molecular weight excluding hydrogens is 268 g/mol. The van der Waals surface area contributed by atoms with Crippen LogP contribution in [0, 0.1) is 19.8 Å². The maximum absolute atomic E-state index is 12.1. The Hall–Kier alpha value is -1.98. The van der Waals surface area contributed by atoms with Crippen molar-refractivity contribution in [2.75, 3.05) is 6.54 Å². The highest BCUT2D eigenvalue weighted by Gasteiger charge is 2.22. The molecule has 0 saturated heterocycles. The molecule has 0 fully saturated rings. The molecule has 0 aromatic carbocycles. The number of carbonyl (C=O) groups is 2. The number of nitrogens with zero attached hydrogens (tertiary/aromatic N) is 2. The first-order chi connectivity index (χ1) is 9.79. The van der Waals surface area contributed by atoms with Crippen molar-refractivity contribution in [3.8, 4) is 0 Å². The molecule has 1 atom stereocenters. The predicted octanol–water partition coefficient (Wildman–Crippen LogP) is 0.913. The van der Waals surface area contributed by atoms with E-state index < -0.39 is 6.04 Å². The fraction of sp³-hybridized carbons (Fsp3) is 0.600. The van der Waals surface area contributed by atoms with Gasteiger partial charge in [0.1, 0.15) is 11.9 Å². The molecule has 2 N–H and O–H groups in total. The first-order valence-corrected chi connectivity index (χ1v) is 7.15. The van der Waals surface area contributed by atoms with Gasteiger partial charge in [0.2, 0.25) is 11.8 Å². The molecule has 6 nitrogen and oxygen atoms in total. The minimum atomic E-state index is -0.511. The van der Waals surface area contributed by atoms with E-state index in [0.29, 0.717) is 18.8 Å². The highest BCUT2D eigenvalue weighted by molar-refractivity contribution is 5.86. The van der Waals surface area contributed by atoms with E-state index in [0.717, 1.165) is 11.4 Å². The molecule has 21 heavy (non-hydrogen) atoms. The molecule has 0 spiro atoms. The summed E-state index contributed by atoms with van der Waals surface area (Å²) in [6.07, 6.45) is 0.569. The Morgan fingerprint density at radius 1 is 1.19 bits per heavy atom. The van der Waals surface area contributed by atoms with E-state index in [4.69, 9.17) is 0 Å². The zero-order valence-electron chi connectivity index (χ0n) is 13.4. The van der Waals surface area contributed by atoms with Gasteiger partial charge in [-0.2, -0.15) is 0 Å². The smallest absolute Gasteiger partial charge is 0.242 e. The molecule has 0 aliphatic heterocycles. The maximum atomic E-state index is 12.1. The van der Waals surface area contributed by atoms with Gasteiger partial charge in [-0.1, -0.05) is 13.8 Å². The third-order valence-electron chi connectivity index (χ3n) is 2.98. The molecule has 1 heterocycles. The van der Waals surface area contributed by atoms with Crippen molar-refractivity contribution in [1.82, 2.24) is 20.6 Å². The van der Waals surface area contributed by atoms with Gasteiger partial charge in [-0.05, 0) is 25.8 Å². The largest absolute Gasteiger partial charge is 0.354 e. The average Bonchev–Trinajstić information content (AvgIpc) is 2.34. The highest BCUT2D eigenvalue weighted by atomic mass is 16.2. The van der Waals surface area contributed by atoms with E-state index >= 15 is 0 Å². The Labute approximate surface area is 125 Å². The third-order valence-corrected chi connectivity index (χ3v) is 2.98. The van der Waals surface area contributed by atoms with Crippen LogP contribution < -0.4 is 10.6 Å². The fourth-order valence-corrected chi connectivity index (χ4v) is 2.07. The topological polar surface area (TPSA) is 84.0 Å². The second-order valence-electron chi connectivity index (χ2n) is 5.53. The molecule has 116 valence electrons. The molecule has 0 unspecified atom stereocenters. The lowest BCUT2D eigenvalue weighted by Crippen LogP contribution is -2.49. The molecule has 0 radical (unpaired) electrons. The molecule has 1 aromatic heterocycles. The van der Waals surface area contributed by atoms with Gasteiger partial charge < -0.3 is 10.6 Å². The summed E-state index contributed by atoms with van der Waals surface area (Å²) in [6, 6.07) is 1.40. The number of carbonyl (C=O) groups excluding carboxylic acids is 2. The molecular formula is C15H24N4O2. The van der Waals surface area contributed by atoms with Crippen molar-refractivity contribution in [1.29, 1.82) is 0 Å². The molecule has 0 saturated carbocycles. The van der Waals surface area contributed by atoms with Gasteiger partial charge in [-0.15, -0.1) is 0 Å². The molecule has 0 bridgehead atoms. The van der Waals surface area contributed by atoms with Crippen LogP contribution in [0.15, 0.2) is 6.07 Å². The second kappa shape index (κ2) is 7.71. The van der Waals surface area contributed by atoms with Crippen molar-refractivity contribution in [3.63, 3.8) is 0 Å². The van der Waals surface area contributed by atoms with Crippen LogP contribution in [0.3, 0.4) is 0 Å². The number of nitrogens with one attached hydrogen (secondary N) is 2. The van der Waals surface area contributed by atoms with Crippen LogP contribution in [0.2, 0.25) is 0 Å². The summed E-state index contributed by atoms with van der Waals surface area (Å²) >= 11 is 0. The summed E-state index contributed by atoms with van der Waals surface area (Å²) in [7, 11) is 0. The number of hydrogen-bond donors (Lipinski definition) is 2. The van der Waals surface area contributed by atoms with Gasteiger partial charge in [0.05, 0.1) is 0 Å². The van der Waals surface area contributed by atoms with Gasteiger partial charge >= 0.3 is 0 Å². The third kappa shape index (κ3) is 5.89. The second-order valence-corrected chi connectivity index (χ2v) is 5.53. The van der Waals surface area contributed by atoms with Crippen LogP contribution in [0.5, 0.6) is 0 Å². The van der Waals surface area contributed by atoms with Gasteiger partial charge in [0.25, 0.3) is 0 Å². The molecule has 2 amide bonds. The number of hydrogen-bond acceptors (Lipinski definition) is 4. The van der Waals surface area contributed by atoms with Gasteiger partial charge in [-0.3, -0.25) is 9.59 Å². The van der Waals surface area contributed by atoms with E-state index in [1.54, 1.807) is 0 Å². The van der Waals surface area contributed by atoms with Crippen molar-refractivity contribution in [2.24, 2.45) is 5.92 Å². The Balaban J connectivity index is 2.53. The van der Waals surface area contributed by atoms with Crippen LogP contribution in [0.4, 0.5) is 0 Å². The summed E-state index contributed by atoms with van der Waals surface area (Å²) in [4.78, 5) is 31.9. The van der Waals surface area contributed by atoms with E-state index in [1.807, 2.05) is 33.8 Å². The van der Waals surface area contributed by atoms with E-state index in [9.17, 15) is 9.59 Å². The van der Waals surface area contributed by atoms with Gasteiger partial charge in [0.15, 0.2) is 0 Å². The van der Waals surface area contributed by atoms with Crippen LogP contribution >= 0.6 is 0 Å². The lowest BCUT2D eigenvalue weighted by atomic mass is 10.0. The Kier molecular flexibility index (Phi) is 6.27. The summed E-state index contributed by atoms with van der Waals surface area (Å²) in [5, 5.41) is 5.49. The Morgan fingerprint density at radius 3 is 2.24 bits per heavy atom. The van der Waals surface area contributed by atoms with E-state index in [2.05, 4.69) is 20.6 Å². The first-order valence-electron chi connectivity index (χ1n) is 7.15.